The Labute approximate surface area is 166 Å². The van der Waals surface area contributed by atoms with E-state index in [2.05, 4.69) is 33.3 Å². The van der Waals surface area contributed by atoms with E-state index in [4.69, 9.17) is 4.74 Å². The van der Waals surface area contributed by atoms with Crippen LogP contribution in [0.25, 0.3) is 0 Å². The lowest BCUT2D eigenvalue weighted by molar-refractivity contribution is 0.0950. The van der Waals surface area contributed by atoms with E-state index in [1.807, 2.05) is 18.2 Å². The number of amides is 1. The monoisotopic (exact) mass is 382 g/mol. The number of nitrogens with one attached hydrogen (secondary N) is 2. The van der Waals surface area contributed by atoms with Crippen LogP contribution in [-0.4, -0.2) is 54.1 Å². The van der Waals surface area contributed by atoms with Gasteiger partial charge < -0.3 is 19.9 Å². The summed E-state index contributed by atoms with van der Waals surface area (Å²) in [6.07, 6.45) is 6.87. The second kappa shape index (κ2) is 8.35. The Morgan fingerprint density at radius 1 is 1.25 bits per heavy atom. The van der Waals surface area contributed by atoms with Crippen LogP contribution in [0.1, 0.15) is 59.2 Å². The molecule has 6 nitrogen and oxygen atoms in total. The number of methoxy groups -OCH3 is 1. The van der Waals surface area contributed by atoms with Crippen LogP contribution < -0.4 is 10.1 Å². The van der Waals surface area contributed by atoms with Crippen molar-refractivity contribution < 1.29 is 9.53 Å². The van der Waals surface area contributed by atoms with Gasteiger partial charge in [-0.25, -0.2) is 4.98 Å². The number of benzene rings is 1. The number of hydrogen-bond acceptors (Lipinski definition) is 4. The zero-order valence-corrected chi connectivity index (χ0v) is 16.8. The smallest absolute Gasteiger partial charge is 0.271 e. The molecule has 1 aliphatic heterocycles. The first kappa shape index (κ1) is 19.0. The number of imidazole rings is 1. The van der Waals surface area contributed by atoms with Gasteiger partial charge in [0, 0.05) is 37.2 Å². The lowest BCUT2D eigenvalue weighted by atomic mass is 9.93. The predicted octanol–water partition coefficient (Wildman–Crippen LogP) is 2.90. The summed E-state index contributed by atoms with van der Waals surface area (Å²) >= 11 is 0. The second-order valence-corrected chi connectivity index (χ2v) is 8.03. The molecule has 1 aromatic carbocycles. The lowest BCUT2D eigenvalue weighted by Crippen LogP contribution is -2.31. The van der Waals surface area contributed by atoms with E-state index in [9.17, 15) is 4.79 Å². The zero-order chi connectivity index (χ0) is 19.5. The average molecular weight is 383 g/mol. The maximum atomic E-state index is 12.6. The van der Waals surface area contributed by atoms with Gasteiger partial charge in [0.05, 0.1) is 7.11 Å². The third-order valence-electron chi connectivity index (χ3n) is 6.23. The molecule has 2 heterocycles. The van der Waals surface area contributed by atoms with Crippen LogP contribution in [0.15, 0.2) is 24.3 Å². The van der Waals surface area contributed by atoms with Crippen molar-refractivity contribution in [1.82, 2.24) is 20.2 Å². The fourth-order valence-electron chi connectivity index (χ4n) is 4.57. The normalized spacial score (nSPS) is 20.1. The molecular formula is C22H30N4O2. The number of aromatic nitrogens is 2. The highest BCUT2D eigenvalue weighted by molar-refractivity contribution is 5.94. The van der Waals surface area contributed by atoms with Crippen molar-refractivity contribution in [1.29, 1.82) is 0 Å². The maximum Gasteiger partial charge on any atom is 0.271 e. The Morgan fingerprint density at radius 2 is 2.04 bits per heavy atom. The Morgan fingerprint density at radius 3 is 2.82 bits per heavy atom. The maximum absolute atomic E-state index is 12.6. The van der Waals surface area contributed by atoms with Crippen molar-refractivity contribution in [3.05, 3.63) is 47.0 Å². The van der Waals surface area contributed by atoms with Crippen molar-refractivity contribution in [3.63, 3.8) is 0 Å². The number of aromatic amines is 1. The molecule has 1 unspecified atom stereocenters. The number of ether oxygens (including phenoxy) is 1. The van der Waals surface area contributed by atoms with E-state index in [1.54, 1.807) is 7.11 Å². The largest absolute Gasteiger partial charge is 0.496 e. The van der Waals surface area contributed by atoms with Crippen molar-refractivity contribution in [3.8, 4) is 5.75 Å². The molecule has 2 aromatic rings. The second-order valence-electron chi connectivity index (χ2n) is 8.03. The van der Waals surface area contributed by atoms with E-state index in [-0.39, 0.29) is 11.8 Å². The fourth-order valence-corrected chi connectivity index (χ4v) is 4.57. The molecule has 1 fully saturated rings. The quantitative estimate of drug-likeness (QED) is 0.806. The highest BCUT2D eigenvalue weighted by Gasteiger charge is 2.28. The molecule has 0 radical (unpaired) electrons. The molecule has 2 N–H and O–H groups in total. The van der Waals surface area contributed by atoms with Crippen molar-refractivity contribution in [2.24, 2.45) is 0 Å². The van der Waals surface area contributed by atoms with E-state index < -0.39 is 0 Å². The van der Waals surface area contributed by atoms with Crippen LogP contribution >= 0.6 is 0 Å². The number of para-hydroxylation sites is 1. The van der Waals surface area contributed by atoms with Crippen LogP contribution in [0, 0.1) is 0 Å². The first-order valence-electron chi connectivity index (χ1n) is 10.3. The predicted molar refractivity (Wildman–Crippen MR) is 109 cm³/mol. The topological polar surface area (TPSA) is 70.2 Å². The summed E-state index contributed by atoms with van der Waals surface area (Å²) in [6.45, 7) is 1.55. The van der Waals surface area contributed by atoms with Gasteiger partial charge in [-0.15, -0.1) is 0 Å². The van der Waals surface area contributed by atoms with Crippen LogP contribution in [0.3, 0.4) is 0 Å². The van der Waals surface area contributed by atoms with E-state index in [0.717, 1.165) is 42.2 Å². The highest BCUT2D eigenvalue weighted by Crippen LogP contribution is 2.31. The molecule has 2 aliphatic rings. The molecule has 0 spiro atoms. The number of likely N-dealkylation sites (N-methyl/N-ethyl adjacent to an activating group) is 1. The number of rotatable bonds is 6. The van der Waals surface area contributed by atoms with E-state index >= 15 is 0 Å². The summed E-state index contributed by atoms with van der Waals surface area (Å²) in [4.78, 5) is 23.1. The molecule has 28 heavy (non-hydrogen) atoms. The standard InChI is InChI=1S/C22H30N4O2/c1-26(16-7-3-4-8-16)12-11-20-24-18-13-15(14-23-22(27)21(18)25-20)17-9-5-6-10-19(17)28-2/h5-6,9-10,15-16H,3-4,7-8,11-14H2,1-2H3,(H,23,27)(H,24,25). The minimum atomic E-state index is -0.0842. The number of fused-ring (bicyclic) bond motifs is 1. The Bertz CT molecular complexity index is 826. The molecule has 150 valence electrons. The van der Waals surface area contributed by atoms with Gasteiger partial charge in [-0.3, -0.25) is 4.79 Å². The van der Waals surface area contributed by atoms with Crippen molar-refractivity contribution >= 4 is 5.91 Å². The number of carbonyl (C=O) groups excluding carboxylic acids is 1. The first-order valence-corrected chi connectivity index (χ1v) is 10.3. The molecule has 1 aliphatic carbocycles. The van der Waals surface area contributed by atoms with Crippen LogP contribution in [-0.2, 0) is 12.8 Å². The summed E-state index contributed by atoms with van der Waals surface area (Å²) in [6, 6.07) is 8.74. The van der Waals surface area contributed by atoms with Gasteiger partial charge in [0.25, 0.3) is 5.91 Å². The number of nitrogens with zero attached hydrogens (tertiary/aromatic N) is 2. The summed E-state index contributed by atoms with van der Waals surface area (Å²) in [5.41, 5.74) is 2.61. The lowest BCUT2D eigenvalue weighted by Gasteiger charge is -2.23. The molecule has 4 rings (SSSR count). The number of carbonyl (C=O) groups is 1. The SMILES string of the molecule is COc1ccccc1C1CNC(=O)c2nc(CCN(C)C3CCCC3)[nH]c2C1. The Kier molecular flexibility index (Phi) is 5.67. The molecule has 0 saturated heterocycles. The third-order valence-corrected chi connectivity index (χ3v) is 6.23. The summed E-state index contributed by atoms with van der Waals surface area (Å²) < 4.78 is 5.53. The van der Waals surface area contributed by atoms with Gasteiger partial charge in [0.2, 0.25) is 0 Å². The molecule has 1 saturated carbocycles. The van der Waals surface area contributed by atoms with Gasteiger partial charge in [0.1, 0.15) is 17.3 Å². The summed E-state index contributed by atoms with van der Waals surface area (Å²) in [7, 11) is 3.89. The van der Waals surface area contributed by atoms with E-state index in [0.29, 0.717) is 18.3 Å². The van der Waals surface area contributed by atoms with Gasteiger partial charge in [-0.05, 0) is 37.9 Å². The molecule has 0 bridgehead atoms. The van der Waals surface area contributed by atoms with Gasteiger partial charge in [-0.2, -0.15) is 0 Å². The summed E-state index contributed by atoms with van der Waals surface area (Å²) in [5.74, 6) is 1.85. The Hall–Kier alpha value is -2.34. The molecule has 1 aromatic heterocycles. The molecular weight excluding hydrogens is 352 g/mol. The third kappa shape index (κ3) is 3.92. The van der Waals surface area contributed by atoms with E-state index in [1.165, 1.54) is 25.7 Å². The summed E-state index contributed by atoms with van der Waals surface area (Å²) in [5, 5.41) is 3.04. The molecule has 1 amide bonds. The van der Waals surface area contributed by atoms with Crippen molar-refractivity contribution in [2.75, 3.05) is 27.2 Å². The van der Waals surface area contributed by atoms with Crippen LogP contribution in [0.2, 0.25) is 0 Å². The van der Waals surface area contributed by atoms with Crippen LogP contribution in [0.5, 0.6) is 5.75 Å². The van der Waals surface area contributed by atoms with Crippen molar-refractivity contribution in [2.45, 2.75) is 50.5 Å². The highest BCUT2D eigenvalue weighted by atomic mass is 16.5. The fraction of sp³-hybridized carbons (Fsp3) is 0.545. The van der Waals surface area contributed by atoms with Gasteiger partial charge in [-0.1, -0.05) is 31.0 Å². The minimum Gasteiger partial charge on any atom is -0.496 e. The average Bonchev–Trinajstić information content (AvgIpc) is 3.36. The zero-order valence-electron chi connectivity index (χ0n) is 16.8. The Balaban J connectivity index is 1.49. The van der Waals surface area contributed by atoms with Gasteiger partial charge in [0.15, 0.2) is 0 Å². The van der Waals surface area contributed by atoms with Gasteiger partial charge >= 0.3 is 0 Å². The number of H-pyrrole nitrogens is 1. The first-order chi connectivity index (χ1) is 13.7. The number of hydrogen-bond donors (Lipinski definition) is 2. The molecule has 6 heteroatoms. The molecule has 1 atom stereocenters. The van der Waals surface area contributed by atoms with Crippen LogP contribution in [0.4, 0.5) is 0 Å². The minimum absolute atomic E-state index is 0.0842.